The fourth-order valence-electron chi connectivity index (χ4n) is 1.50. The van der Waals surface area contributed by atoms with Crippen LogP contribution in [0.2, 0.25) is 0 Å². The summed E-state index contributed by atoms with van der Waals surface area (Å²) in [6.07, 6.45) is 1.77. The highest BCUT2D eigenvalue weighted by Crippen LogP contribution is 2.13. The third-order valence-electron chi connectivity index (χ3n) is 2.40. The Bertz CT molecular complexity index is 553. The van der Waals surface area contributed by atoms with Crippen LogP contribution >= 0.6 is 11.8 Å². The summed E-state index contributed by atoms with van der Waals surface area (Å²) in [4.78, 5) is 11.6. The Labute approximate surface area is 115 Å². The third-order valence-corrected chi connectivity index (χ3v) is 3.40. The van der Waals surface area contributed by atoms with Gasteiger partial charge in [0.1, 0.15) is 5.82 Å². The lowest BCUT2D eigenvalue weighted by Gasteiger charge is -2.02. The van der Waals surface area contributed by atoms with Gasteiger partial charge in [0.25, 0.3) is 0 Å². The van der Waals surface area contributed by atoms with Crippen LogP contribution in [0.3, 0.4) is 0 Å². The zero-order chi connectivity index (χ0) is 13.7. The Kier molecular flexibility index (Phi) is 4.57. The summed E-state index contributed by atoms with van der Waals surface area (Å²) in [6.45, 7) is 0. The van der Waals surface area contributed by atoms with E-state index in [1.165, 1.54) is 23.9 Å². The Morgan fingerprint density at radius 2 is 2.11 bits per heavy atom. The maximum atomic E-state index is 12.7. The average molecular weight is 279 g/mol. The van der Waals surface area contributed by atoms with Gasteiger partial charge in [-0.1, -0.05) is 12.1 Å². The number of aryl methyl sites for hydroxylation is 1. The molecule has 1 amide bonds. The molecule has 0 bridgehead atoms. The fourth-order valence-corrected chi connectivity index (χ4v) is 2.29. The van der Waals surface area contributed by atoms with Crippen molar-refractivity contribution in [1.82, 2.24) is 9.78 Å². The number of carbonyl (C=O) groups is 1. The number of hydrogen-bond donors (Lipinski definition) is 1. The van der Waals surface area contributed by atoms with Crippen LogP contribution in [0.15, 0.2) is 36.5 Å². The van der Waals surface area contributed by atoms with Crippen molar-refractivity contribution in [1.29, 1.82) is 0 Å². The smallest absolute Gasteiger partial charge is 0.235 e. The van der Waals surface area contributed by atoms with E-state index in [-0.39, 0.29) is 11.7 Å². The number of halogens is 1. The molecular formula is C13H14FN3OS. The minimum absolute atomic E-state index is 0.0918. The number of rotatable bonds is 5. The zero-order valence-corrected chi connectivity index (χ0v) is 11.3. The predicted octanol–water partition coefficient (Wildman–Crippen LogP) is 2.43. The first-order valence-electron chi connectivity index (χ1n) is 5.75. The maximum absolute atomic E-state index is 12.7. The molecule has 0 aliphatic rings. The van der Waals surface area contributed by atoms with Crippen molar-refractivity contribution in [2.75, 3.05) is 11.1 Å². The van der Waals surface area contributed by atoms with Gasteiger partial charge in [-0.15, -0.1) is 11.8 Å². The number of nitrogens with one attached hydrogen (secondary N) is 1. The van der Waals surface area contributed by atoms with Crippen molar-refractivity contribution < 1.29 is 9.18 Å². The highest BCUT2D eigenvalue weighted by Gasteiger charge is 2.04. The van der Waals surface area contributed by atoms with Gasteiger partial charge in [0.05, 0.1) is 5.75 Å². The fraction of sp³-hybridized carbons (Fsp3) is 0.231. The summed E-state index contributed by atoms with van der Waals surface area (Å²) in [6, 6.07) is 8.02. The van der Waals surface area contributed by atoms with Crippen molar-refractivity contribution in [3.8, 4) is 0 Å². The summed E-state index contributed by atoms with van der Waals surface area (Å²) >= 11 is 1.48. The van der Waals surface area contributed by atoms with Gasteiger partial charge < -0.3 is 5.32 Å². The van der Waals surface area contributed by atoms with Crippen LogP contribution in [-0.2, 0) is 17.6 Å². The first kappa shape index (κ1) is 13.6. The molecule has 1 aromatic heterocycles. The van der Waals surface area contributed by atoms with Crippen molar-refractivity contribution in [2.45, 2.75) is 5.75 Å². The van der Waals surface area contributed by atoms with E-state index < -0.39 is 0 Å². The molecule has 4 nitrogen and oxygen atoms in total. The Morgan fingerprint density at radius 1 is 1.37 bits per heavy atom. The van der Waals surface area contributed by atoms with Crippen LogP contribution in [0.5, 0.6) is 0 Å². The minimum atomic E-state index is -0.248. The molecule has 0 atom stereocenters. The van der Waals surface area contributed by atoms with Gasteiger partial charge >= 0.3 is 0 Å². The number of aromatic nitrogens is 2. The molecule has 1 N–H and O–H groups in total. The molecule has 0 aliphatic carbocycles. The summed E-state index contributed by atoms with van der Waals surface area (Å²) in [5.41, 5.74) is 0.997. The number of carbonyl (C=O) groups excluding carboxylic acids is 1. The van der Waals surface area contributed by atoms with Gasteiger partial charge in [0.15, 0.2) is 5.82 Å². The summed E-state index contributed by atoms with van der Waals surface area (Å²) in [5.74, 6) is 1.23. The normalized spacial score (nSPS) is 10.4. The molecular weight excluding hydrogens is 265 g/mol. The molecule has 100 valence electrons. The van der Waals surface area contributed by atoms with Gasteiger partial charge in [0, 0.05) is 25.1 Å². The molecule has 2 rings (SSSR count). The lowest BCUT2D eigenvalue weighted by molar-refractivity contribution is -0.113. The first-order chi connectivity index (χ1) is 9.13. The highest BCUT2D eigenvalue weighted by atomic mass is 32.2. The predicted molar refractivity (Wildman–Crippen MR) is 74.4 cm³/mol. The topological polar surface area (TPSA) is 46.9 Å². The van der Waals surface area contributed by atoms with Crippen molar-refractivity contribution in [3.63, 3.8) is 0 Å². The minimum Gasteiger partial charge on any atom is -0.308 e. The van der Waals surface area contributed by atoms with E-state index >= 15 is 0 Å². The summed E-state index contributed by atoms with van der Waals surface area (Å²) in [5, 5.41) is 6.77. The van der Waals surface area contributed by atoms with Crippen LogP contribution in [0, 0.1) is 5.82 Å². The zero-order valence-electron chi connectivity index (χ0n) is 10.5. The van der Waals surface area contributed by atoms with Crippen molar-refractivity contribution in [2.24, 2.45) is 7.05 Å². The van der Waals surface area contributed by atoms with Crippen molar-refractivity contribution >= 4 is 23.5 Å². The number of amides is 1. The number of nitrogens with zero attached hydrogens (tertiary/aromatic N) is 2. The number of benzene rings is 1. The molecule has 1 aromatic carbocycles. The van der Waals surface area contributed by atoms with Crippen LogP contribution in [0.1, 0.15) is 5.56 Å². The standard InChI is InChI=1S/C13H14FN3OS/c1-17-7-6-12(16-17)15-13(18)9-19-8-10-2-4-11(14)5-3-10/h2-7H,8-9H2,1H3,(H,15,16,18). The Hall–Kier alpha value is -1.82. The van der Waals surface area contributed by atoms with Gasteiger partial charge in [-0.25, -0.2) is 4.39 Å². The molecule has 2 aromatic rings. The quantitative estimate of drug-likeness (QED) is 0.914. The second kappa shape index (κ2) is 6.38. The molecule has 6 heteroatoms. The van der Waals surface area contributed by atoms with E-state index in [0.29, 0.717) is 17.3 Å². The van der Waals surface area contributed by atoms with E-state index in [1.54, 1.807) is 36.1 Å². The molecule has 0 spiro atoms. The van der Waals surface area contributed by atoms with E-state index in [2.05, 4.69) is 10.4 Å². The summed E-state index contributed by atoms with van der Waals surface area (Å²) in [7, 11) is 1.79. The SMILES string of the molecule is Cn1ccc(NC(=O)CSCc2ccc(F)cc2)n1. The first-order valence-corrected chi connectivity index (χ1v) is 6.90. The lowest BCUT2D eigenvalue weighted by Crippen LogP contribution is -2.14. The summed E-state index contributed by atoms with van der Waals surface area (Å²) < 4.78 is 14.3. The largest absolute Gasteiger partial charge is 0.308 e. The molecule has 1 heterocycles. The second-order valence-electron chi connectivity index (χ2n) is 4.04. The molecule has 19 heavy (non-hydrogen) atoms. The Morgan fingerprint density at radius 3 is 2.74 bits per heavy atom. The van der Waals surface area contributed by atoms with E-state index in [0.717, 1.165) is 5.56 Å². The van der Waals surface area contributed by atoms with Crippen LogP contribution in [0.4, 0.5) is 10.2 Å². The van der Waals surface area contributed by atoms with Crippen LogP contribution in [-0.4, -0.2) is 21.4 Å². The van der Waals surface area contributed by atoms with Crippen LogP contribution in [0.25, 0.3) is 0 Å². The van der Waals surface area contributed by atoms with E-state index in [9.17, 15) is 9.18 Å². The average Bonchev–Trinajstić information content (AvgIpc) is 2.77. The molecule has 0 aliphatic heterocycles. The Balaban J connectivity index is 1.73. The van der Waals surface area contributed by atoms with Crippen LogP contribution < -0.4 is 5.32 Å². The molecule has 0 unspecified atom stereocenters. The van der Waals surface area contributed by atoms with E-state index in [4.69, 9.17) is 0 Å². The molecule has 0 radical (unpaired) electrons. The number of thioether (sulfide) groups is 1. The molecule has 0 fully saturated rings. The van der Waals surface area contributed by atoms with Crippen molar-refractivity contribution in [3.05, 3.63) is 47.9 Å². The van der Waals surface area contributed by atoms with Gasteiger partial charge in [0.2, 0.25) is 5.91 Å². The highest BCUT2D eigenvalue weighted by molar-refractivity contribution is 7.99. The third kappa shape index (κ3) is 4.40. The second-order valence-corrected chi connectivity index (χ2v) is 5.03. The monoisotopic (exact) mass is 279 g/mol. The maximum Gasteiger partial charge on any atom is 0.235 e. The number of hydrogen-bond acceptors (Lipinski definition) is 3. The number of anilines is 1. The molecule has 0 saturated carbocycles. The van der Waals surface area contributed by atoms with E-state index in [1.807, 2.05) is 0 Å². The molecule has 0 saturated heterocycles. The van der Waals surface area contributed by atoms with Gasteiger partial charge in [-0.2, -0.15) is 5.10 Å². The lowest BCUT2D eigenvalue weighted by atomic mass is 10.2. The van der Waals surface area contributed by atoms with Gasteiger partial charge in [-0.3, -0.25) is 9.48 Å². The van der Waals surface area contributed by atoms with Gasteiger partial charge in [-0.05, 0) is 17.7 Å².